The predicted molar refractivity (Wildman–Crippen MR) is 51.5 cm³/mol. The van der Waals surface area contributed by atoms with Gasteiger partial charge in [0.05, 0.1) is 5.69 Å². The molecule has 0 saturated carbocycles. The van der Waals surface area contributed by atoms with E-state index in [1.165, 1.54) is 0 Å². The quantitative estimate of drug-likeness (QED) is 0.737. The van der Waals surface area contributed by atoms with Crippen LogP contribution in [0.1, 0.15) is 13.3 Å². The molecule has 0 spiro atoms. The molecule has 0 aliphatic heterocycles. The van der Waals surface area contributed by atoms with Crippen LogP contribution in [0, 0.1) is 0 Å². The fraction of sp³-hybridized carbons (Fsp3) is 0.300. The van der Waals surface area contributed by atoms with Gasteiger partial charge in [-0.25, -0.2) is 0 Å². The zero-order valence-corrected chi connectivity index (χ0v) is 7.21. The van der Waals surface area contributed by atoms with Crippen molar-refractivity contribution in [2.45, 2.75) is 13.3 Å². The van der Waals surface area contributed by atoms with E-state index in [1.807, 2.05) is 12.1 Å². The van der Waals surface area contributed by atoms with E-state index in [0.29, 0.717) is 5.69 Å². The molecule has 0 aliphatic rings. The van der Waals surface area contributed by atoms with Gasteiger partial charge in [0.25, 0.3) is 0 Å². The molecule has 0 radical (unpaired) electrons. The number of nitrogens with one attached hydrogen (secondary N) is 1. The Morgan fingerprint density at radius 2 is 2.00 bits per heavy atom. The summed E-state index contributed by atoms with van der Waals surface area (Å²) in [6, 6.07) is 8.83. The molecule has 0 unspecified atom stereocenters. The van der Waals surface area contributed by atoms with Crippen molar-refractivity contribution in [3.63, 3.8) is 0 Å². The van der Waals surface area contributed by atoms with Crippen LogP contribution in [0.4, 0.5) is 5.69 Å². The molecule has 0 saturated heterocycles. The maximum absolute atomic E-state index is 11.3. The summed E-state index contributed by atoms with van der Waals surface area (Å²) in [4.78, 5) is 11.3. The summed E-state index contributed by atoms with van der Waals surface area (Å²) < 4.78 is 0. The van der Waals surface area contributed by atoms with Crippen molar-refractivity contribution >= 4 is 5.69 Å². The first-order chi connectivity index (χ1) is 5.84. The molecule has 0 atom stereocenters. The van der Waals surface area contributed by atoms with Crippen LogP contribution in [0.15, 0.2) is 35.1 Å². The first kappa shape index (κ1) is 8.78. The molecular formula is C10H13NO. The van der Waals surface area contributed by atoms with Gasteiger partial charge in [0, 0.05) is 6.54 Å². The lowest BCUT2D eigenvalue weighted by molar-refractivity contribution is 0.978. The van der Waals surface area contributed by atoms with Crippen molar-refractivity contribution in [1.29, 1.82) is 0 Å². The molecule has 1 aromatic rings. The van der Waals surface area contributed by atoms with Gasteiger partial charge >= 0.3 is 0 Å². The van der Waals surface area contributed by atoms with Crippen molar-refractivity contribution < 1.29 is 0 Å². The van der Waals surface area contributed by atoms with E-state index in [-0.39, 0.29) is 5.43 Å². The van der Waals surface area contributed by atoms with Gasteiger partial charge in [-0.15, -0.1) is 0 Å². The molecule has 0 amide bonds. The van der Waals surface area contributed by atoms with Gasteiger partial charge in [-0.3, -0.25) is 4.79 Å². The second kappa shape index (κ2) is 4.54. The second-order valence-corrected chi connectivity index (χ2v) is 2.62. The van der Waals surface area contributed by atoms with Crippen LogP contribution < -0.4 is 10.7 Å². The van der Waals surface area contributed by atoms with Crippen LogP contribution in [0.2, 0.25) is 0 Å². The standard InChI is InChI=1S/C10H13NO/c1-2-8-11-9-6-4-3-5-7-10(9)12/h3-7H,2,8H2,1H3,(H,11,12). The van der Waals surface area contributed by atoms with Gasteiger partial charge < -0.3 is 5.32 Å². The Kier molecular flexibility index (Phi) is 3.33. The minimum atomic E-state index is 0.0495. The molecule has 12 heavy (non-hydrogen) atoms. The van der Waals surface area contributed by atoms with Gasteiger partial charge in [0.2, 0.25) is 5.43 Å². The minimum Gasteiger partial charge on any atom is -0.382 e. The summed E-state index contributed by atoms with van der Waals surface area (Å²) in [5.41, 5.74) is 0.732. The van der Waals surface area contributed by atoms with E-state index in [1.54, 1.807) is 18.2 Å². The Hall–Kier alpha value is -1.31. The molecule has 1 N–H and O–H groups in total. The maximum atomic E-state index is 11.3. The van der Waals surface area contributed by atoms with Crippen LogP contribution >= 0.6 is 0 Å². The lowest BCUT2D eigenvalue weighted by Crippen LogP contribution is -2.08. The number of anilines is 1. The third kappa shape index (κ3) is 2.38. The van der Waals surface area contributed by atoms with Crippen molar-refractivity contribution in [3.8, 4) is 0 Å². The largest absolute Gasteiger partial charge is 0.382 e. The van der Waals surface area contributed by atoms with Gasteiger partial charge in [-0.2, -0.15) is 0 Å². The van der Waals surface area contributed by atoms with Crippen LogP contribution in [0.3, 0.4) is 0 Å². The Balaban J connectivity index is 2.86. The monoisotopic (exact) mass is 163 g/mol. The molecule has 1 aromatic carbocycles. The summed E-state index contributed by atoms with van der Waals surface area (Å²) in [6.07, 6.45) is 1.03. The average molecular weight is 163 g/mol. The van der Waals surface area contributed by atoms with E-state index >= 15 is 0 Å². The zero-order chi connectivity index (χ0) is 8.81. The third-order valence-electron chi connectivity index (χ3n) is 1.56. The van der Waals surface area contributed by atoms with E-state index in [2.05, 4.69) is 12.2 Å². The molecule has 0 heterocycles. The SMILES string of the molecule is CCCNc1cccccc1=O. The molecule has 64 valence electrons. The van der Waals surface area contributed by atoms with Crippen LogP contribution in [-0.2, 0) is 0 Å². The fourth-order valence-corrected chi connectivity index (χ4v) is 0.937. The zero-order valence-electron chi connectivity index (χ0n) is 7.21. The molecule has 2 nitrogen and oxygen atoms in total. The van der Waals surface area contributed by atoms with Crippen molar-refractivity contribution in [2.75, 3.05) is 11.9 Å². The van der Waals surface area contributed by atoms with Gasteiger partial charge in [0.15, 0.2) is 0 Å². The first-order valence-corrected chi connectivity index (χ1v) is 4.18. The Labute approximate surface area is 72.2 Å². The highest BCUT2D eigenvalue weighted by Crippen LogP contribution is 1.96. The first-order valence-electron chi connectivity index (χ1n) is 4.18. The Bertz CT molecular complexity index is 296. The minimum absolute atomic E-state index is 0.0495. The van der Waals surface area contributed by atoms with E-state index < -0.39 is 0 Å². The Morgan fingerprint density at radius 3 is 2.75 bits per heavy atom. The van der Waals surface area contributed by atoms with Crippen molar-refractivity contribution in [3.05, 3.63) is 40.6 Å². The number of rotatable bonds is 3. The Morgan fingerprint density at radius 1 is 1.25 bits per heavy atom. The van der Waals surface area contributed by atoms with E-state index in [4.69, 9.17) is 0 Å². The third-order valence-corrected chi connectivity index (χ3v) is 1.56. The topological polar surface area (TPSA) is 29.1 Å². The average Bonchev–Trinajstić information content (AvgIpc) is 2.27. The highest BCUT2D eigenvalue weighted by atomic mass is 16.1. The summed E-state index contributed by atoms with van der Waals surface area (Å²) in [5.74, 6) is 0. The van der Waals surface area contributed by atoms with E-state index in [9.17, 15) is 4.79 Å². The molecule has 0 fully saturated rings. The maximum Gasteiger partial charge on any atom is 0.201 e. The highest BCUT2D eigenvalue weighted by Gasteiger charge is 1.91. The smallest absolute Gasteiger partial charge is 0.201 e. The molecule has 0 bridgehead atoms. The molecule has 2 heteroatoms. The van der Waals surface area contributed by atoms with Crippen LogP contribution in [0.25, 0.3) is 0 Å². The lowest BCUT2D eigenvalue weighted by Gasteiger charge is -1.99. The lowest BCUT2D eigenvalue weighted by atomic mass is 10.4. The molecule has 0 aliphatic carbocycles. The predicted octanol–water partition coefficient (Wildman–Crippen LogP) is 1.87. The highest BCUT2D eigenvalue weighted by molar-refractivity contribution is 5.41. The van der Waals surface area contributed by atoms with Crippen molar-refractivity contribution in [2.24, 2.45) is 0 Å². The summed E-state index contributed by atoms with van der Waals surface area (Å²) in [5, 5.41) is 3.07. The molecule has 0 aromatic heterocycles. The van der Waals surface area contributed by atoms with Crippen LogP contribution in [-0.4, -0.2) is 6.54 Å². The van der Waals surface area contributed by atoms with Crippen LogP contribution in [0.5, 0.6) is 0 Å². The summed E-state index contributed by atoms with van der Waals surface area (Å²) in [6.45, 7) is 2.92. The summed E-state index contributed by atoms with van der Waals surface area (Å²) >= 11 is 0. The van der Waals surface area contributed by atoms with Gasteiger partial charge in [0.1, 0.15) is 0 Å². The normalized spacial score (nSPS) is 9.42. The second-order valence-electron chi connectivity index (χ2n) is 2.62. The summed E-state index contributed by atoms with van der Waals surface area (Å²) in [7, 11) is 0. The molecule has 1 rings (SSSR count). The molecular weight excluding hydrogens is 150 g/mol. The van der Waals surface area contributed by atoms with E-state index in [0.717, 1.165) is 13.0 Å². The number of hydrogen-bond acceptors (Lipinski definition) is 2. The van der Waals surface area contributed by atoms with Gasteiger partial charge in [-0.1, -0.05) is 25.1 Å². The fourth-order valence-electron chi connectivity index (χ4n) is 0.937. The van der Waals surface area contributed by atoms with Crippen molar-refractivity contribution in [1.82, 2.24) is 0 Å². The van der Waals surface area contributed by atoms with Gasteiger partial charge in [-0.05, 0) is 18.6 Å². The number of hydrogen-bond donors (Lipinski definition) is 1.